The Bertz CT molecular complexity index is 517. The van der Waals surface area contributed by atoms with Crippen LogP contribution in [-0.2, 0) is 4.79 Å². The van der Waals surface area contributed by atoms with Gasteiger partial charge in [0.25, 0.3) is 0 Å². The average molecular weight is 218 g/mol. The van der Waals surface area contributed by atoms with E-state index in [2.05, 4.69) is 10.3 Å². The van der Waals surface area contributed by atoms with E-state index < -0.39 is 0 Å². The van der Waals surface area contributed by atoms with Crippen molar-refractivity contribution in [1.29, 1.82) is 0 Å². The molecular weight excluding hydrogens is 204 g/mol. The van der Waals surface area contributed by atoms with Crippen molar-refractivity contribution < 1.29 is 9.90 Å². The molecule has 1 heterocycles. The molecule has 1 amide bonds. The van der Waals surface area contributed by atoms with Gasteiger partial charge in [0.1, 0.15) is 0 Å². The van der Waals surface area contributed by atoms with Crippen LogP contribution in [0.25, 0.3) is 10.9 Å². The second kappa shape index (κ2) is 4.37. The molecule has 2 aromatic rings. The fourth-order valence-electron chi connectivity index (χ4n) is 1.74. The van der Waals surface area contributed by atoms with Crippen LogP contribution in [0.5, 0.6) is 0 Å². The van der Waals surface area contributed by atoms with Crippen LogP contribution in [0.4, 0.5) is 5.69 Å². The summed E-state index contributed by atoms with van der Waals surface area (Å²) in [6, 6.07) is 7.78. The minimum Gasteiger partial charge on any atom is -0.396 e. The minimum atomic E-state index is -0.171. The van der Waals surface area contributed by atoms with Gasteiger partial charge >= 0.3 is 0 Å². The third kappa shape index (κ3) is 1.92. The zero-order chi connectivity index (χ0) is 11.5. The van der Waals surface area contributed by atoms with E-state index in [1.807, 2.05) is 31.2 Å². The molecule has 0 saturated carbocycles. The molecule has 0 aliphatic heterocycles. The Morgan fingerprint density at radius 3 is 2.94 bits per heavy atom. The number of fused-ring (bicyclic) bond motifs is 1. The lowest BCUT2D eigenvalue weighted by Gasteiger charge is -2.03. The summed E-state index contributed by atoms with van der Waals surface area (Å²) in [4.78, 5) is 14.6. The number of rotatable bonds is 3. The first-order valence-corrected chi connectivity index (χ1v) is 5.20. The number of hydrogen-bond acceptors (Lipinski definition) is 2. The second-order valence-electron chi connectivity index (χ2n) is 3.69. The number of aromatic nitrogens is 1. The lowest BCUT2D eigenvalue weighted by atomic mass is 10.2. The molecule has 0 saturated heterocycles. The van der Waals surface area contributed by atoms with E-state index in [-0.39, 0.29) is 18.9 Å². The van der Waals surface area contributed by atoms with Gasteiger partial charge in [-0.05, 0) is 13.0 Å². The predicted molar refractivity (Wildman–Crippen MR) is 63.4 cm³/mol. The normalized spacial score (nSPS) is 10.6. The topological polar surface area (TPSA) is 65.1 Å². The number of para-hydroxylation sites is 1. The van der Waals surface area contributed by atoms with Gasteiger partial charge in [-0.2, -0.15) is 0 Å². The van der Waals surface area contributed by atoms with E-state index in [4.69, 9.17) is 5.11 Å². The highest BCUT2D eigenvalue weighted by molar-refractivity contribution is 6.02. The van der Waals surface area contributed by atoms with Crippen molar-refractivity contribution in [2.75, 3.05) is 11.9 Å². The molecule has 0 aliphatic carbocycles. The monoisotopic (exact) mass is 218 g/mol. The van der Waals surface area contributed by atoms with Gasteiger partial charge in [-0.3, -0.25) is 4.79 Å². The molecule has 1 aromatic heterocycles. The van der Waals surface area contributed by atoms with Crippen molar-refractivity contribution in [2.24, 2.45) is 0 Å². The summed E-state index contributed by atoms with van der Waals surface area (Å²) in [7, 11) is 0. The summed E-state index contributed by atoms with van der Waals surface area (Å²) in [6.45, 7) is 1.78. The van der Waals surface area contributed by atoms with E-state index in [0.717, 1.165) is 22.3 Å². The number of carbonyl (C=O) groups excluding carboxylic acids is 1. The van der Waals surface area contributed by atoms with Gasteiger partial charge in [0, 0.05) is 16.6 Å². The minimum absolute atomic E-state index is 0.124. The summed E-state index contributed by atoms with van der Waals surface area (Å²) in [5.41, 5.74) is 2.72. The fraction of sp³-hybridized carbons (Fsp3) is 0.250. The third-order valence-electron chi connectivity index (χ3n) is 2.50. The Balaban J connectivity index is 2.36. The number of benzene rings is 1. The van der Waals surface area contributed by atoms with Gasteiger partial charge < -0.3 is 15.4 Å². The van der Waals surface area contributed by atoms with Gasteiger partial charge in [0.05, 0.1) is 18.7 Å². The van der Waals surface area contributed by atoms with Gasteiger partial charge in [0.15, 0.2) is 0 Å². The maximum atomic E-state index is 11.4. The van der Waals surface area contributed by atoms with E-state index in [0.29, 0.717) is 0 Å². The third-order valence-corrected chi connectivity index (χ3v) is 2.50. The van der Waals surface area contributed by atoms with Gasteiger partial charge in [-0.15, -0.1) is 0 Å². The standard InChI is InChI=1S/C12H14N2O2/c1-8-12(14-11(16)6-7-15)9-4-2-3-5-10(9)13-8/h2-5,13,15H,6-7H2,1H3,(H,14,16). The lowest BCUT2D eigenvalue weighted by Crippen LogP contribution is -2.13. The van der Waals surface area contributed by atoms with Gasteiger partial charge in [-0.25, -0.2) is 0 Å². The second-order valence-corrected chi connectivity index (χ2v) is 3.69. The van der Waals surface area contributed by atoms with E-state index in [1.54, 1.807) is 0 Å². The number of aryl methyl sites for hydroxylation is 1. The number of hydrogen-bond donors (Lipinski definition) is 3. The van der Waals surface area contributed by atoms with Crippen molar-refractivity contribution in [1.82, 2.24) is 4.98 Å². The SMILES string of the molecule is Cc1[nH]c2ccccc2c1NC(=O)CCO. The molecule has 4 heteroatoms. The van der Waals surface area contributed by atoms with Crippen molar-refractivity contribution >= 4 is 22.5 Å². The summed E-state index contributed by atoms with van der Waals surface area (Å²) >= 11 is 0. The molecule has 0 fully saturated rings. The number of carbonyl (C=O) groups is 1. The van der Waals surface area contributed by atoms with Crippen molar-refractivity contribution in [3.05, 3.63) is 30.0 Å². The number of aliphatic hydroxyl groups is 1. The van der Waals surface area contributed by atoms with Crippen LogP contribution in [0.15, 0.2) is 24.3 Å². The first kappa shape index (κ1) is 10.7. The highest BCUT2D eigenvalue weighted by Crippen LogP contribution is 2.26. The number of anilines is 1. The number of nitrogens with one attached hydrogen (secondary N) is 2. The molecule has 0 aliphatic rings. The van der Waals surface area contributed by atoms with Crippen molar-refractivity contribution in [2.45, 2.75) is 13.3 Å². The van der Waals surface area contributed by atoms with Crippen LogP contribution in [0, 0.1) is 6.92 Å². The van der Waals surface area contributed by atoms with Crippen LogP contribution in [0.2, 0.25) is 0 Å². The molecule has 1 aromatic carbocycles. The zero-order valence-electron chi connectivity index (χ0n) is 9.08. The quantitative estimate of drug-likeness (QED) is 0.735. The first-order chi connectivity index (χ1) is 7.72. The summed E-state index contributed by atoms with van der Waals surface area (Å²) in [5, 5.41) is 12.5. The number of aliphatic hydroxyl groups excluding tert-OH is 1. The smallest absolute Gasteiger partial charge is 0.226 e. The molecule has 2 rings (SSSR count). The molecule has 3 N–H and O–H groups in total. The highest BCUT2D eigenvalue weighted by atomic mass is 16.3. The highest BCUT2D eigenvalue weighted by Gasteiger charge is 2.10. The Hall–Kier alpha value is -1.81. The Kier molecular flexibility index (Phi) is 2.92. The number of aromatic amines is 1. The molecule has 4 nitrogen and oxygen atoms in total. The molecule has 0 unspecified atom stereocenters. The Morgan fingerprint density at radius 1 is 1.44 bits per heavy atom. The van der Waals surface area contributed by atoms with Crippen LogP contribution in [-0.4, -0.2) is 22.6 Å². The average Bonchev–Trinajstić information content (AvgIpc) is 2.56. The van der Waals surface area contributed by atoms with Gasteiger partial charge in [-0.1, -0.05) is 18.2 Å². The Labute approximate surface area is 93.3 Å². The fourth-order valence-corrected chi connectivity index (χ4v) is 1.74. The van der Waals surface area contributed by atoms with Crippen molar-refractivity contribution in [3.63, 3.8) is 0 Å². The molecule has 16 heavy (non-hydrogen) atoms. The van der Waals surface area contributed by atoms with Crippen LogP contribution in [0.1, 0.15) is 12.1 Å². The number of H-pyrrole nitrogens is 1. The van der Waals surface area contributed by atoms with Crippen LogP contribution < -0.4 is 5.32 Å². The van der Waals surface area contributed by atoms with E-state index in [9.17, 15) is 4.79 Å². The first-order valence-electron chi connectivity index (χ1n) is 5.20. The van der Waals surface area contributed by atoms with E-state index >= 15 is 0 Å². The molecule has 0 spiro atoms. The van der Waals surface area contributed by atoms with Gasteiger partial charge in [0.2, 0.25) is 5.91 Å². The van der Waals surface area contributed by atoms with Crippen molar-refractivity contribution in [3.8, 4) is 0 Å². The largest absolute Gasteiger partial charge is 0.396 e. The predicted octanol–water partition coefficient (Wildman–Crippen LogP) is 1.80. The summed E-state index contributed by atoms with van der Waals surface area (Å²) < 4.78 is 0. The van der Waals surface area contributed by atoms with E-state index in [1.165, 1.54) is 0 Å². The van der Waals surface area contributed by atoms with Crippen LogP contribution in [0.3, 0.4) is 0 Å². The van der Waals surface area contributed by atoms with Crippen LogP contribution >= 0.6 is 0 Å². The Morgan fingerprint density at radius 2 is 2.19 bits per heavy atom. The summed E-state index contributed by atoms with van der Waals surface area (Å²) in [6.07, 6.45) is 0.124. The maximum absolute atomic E-state index is 11.4. The molecule has 0 bridgehead atoms. The molecule has 0 radical (unpaired) electrons. The molecule has 0 atom stereocenters. The molecule has 84 valence electrons. The number of amides is 1. The lowest BCUT2D eigenvalue weighted by molar-refractivity contribution is -0.116. The summed E-state index contributed by atoms with van der Waals surface area (Å²) in [5.74, 6) is -0.171. The zero-order valence-corrected chi connectivity index (χ0v) is 9.08. The maximum Gasteiger partial charge on any atom is 0.226 e. The molecular formula is C12H14N2O2.